The van der Waals surface area contributed by atoms with Crippen molar-refractivity contribution in [1.82, 2.24) is 9.88 Å². The van der Waals surface area contributed by atoms with Crippen LogP contribution >= 0.6 is 38.9 Å². The van der Waals surface area contributed by atoms with Gasteiger partial charge in [-0.25, -0.2) is 9.78 Å². The minimum Gasteiger partial charge on any atom is -0.492 e. The summed E-state index contributed by atoms with van der Waals surface area (Å²) in [5, 5.41) is 0.768. The molecule has 0 spiro atoms. The molecule has 0 bridgehead atoms. The molecule has 0 atom stereocenters. The topological polar surface area (TPSA) is 60.9 Å². The second-order valence-corrected chi connectivity index (χ2v) is 10.9. The maximum Gasteiger partial charge on any atom is 0.573 e. The van der Waals surface area contributed by atoms with Gasteiger partial charge in [0.2, 0.25) is 0 Å². The summed E-state index contributed by atoms with van der Waals surface area (Å²) in [6.07, 6.45) is -3.88. The highest BCUT2D eigenvalue weighted by Crippen LogP contribution is 2.45. The lowest BCUT2D eigenvalue weighted by Gasteiger charge is -2.32. The van der Waals surface area contributed by atoms with Gasteiger partial charge in [0.15, 0.2) is 11.5 Å². The number of alkyl halides is 3. The van der Waals surface area contributed by atoms with Crippen LogP contribution in [0.1, 0.15) is 44.5 Å². The molecule has 182 valence electrons. The number of methoxy groups -OCH3 is 1. The van der Waals surface area contributed by atoms with E-state index in [1.165, 1.54) is 24.5 Å². The molecule has 0 aliphatic carbocycles. The molecule has 0 radical (unpaired) electrons. The summed E-state index contributed by atoms with van der Waals surface area (Å²) in [5.74, 6) is -0.504. The molecule has 12 heteroatoms. The molecule has 1 amide bonds. The second kappa shape index (κ2) is 9.87. The number of aromatic nitrogens is 1. The zero-order valence-corrected chi connectivity index (χ0v) is 21.5. The third-order valence-corrected chi connectivity index (χ3v) is 6.82. The van der Waals surface area contributed by atoms with Crippen molar-refractivity contribution in [2.75, 3.05) is 20.2 Å². The van der Waals surface area contributed by atoms with Crippen molar-refractivity contribution >= 4 is 45.0 Å². The number of hydrogen-bond donors (Lipinski definition) is 0. The van der Waals surface area contributed by atoms with Crippen LogP contribution in [0.25, 0.3) is 11.3 Å². The van der Waals surface area contributed by atoms with Crippen molar-refractivity contribution in [3.8, 4) is 22.8 Å². The molecule has 0 N–H and O–H groups in total. The average molecular weight is 572 g/mol. The van der Waals surface area contributed by atoms with E-state index in [4.69, 9.17) is 21.1 Å². The van der Waals surface area contributed by atoms with Gasteiger partial charge in [-0.15, -0.1) is 24.5 Å². The molecule has 1 aliphatic rings. The van der Waals surface area contributed by atoms with Crippen LogP contribution in [-0.2, 0) is 4.74 Å². The van der Waals surface area contributed by atoms with Crippen LogP contribution in [0.4, 0.5) is 18.0 Å². The van der Waals surface area contributed by atoms with E-state index < -0.39 is 17.7 Å². The lowest BCUT2D eigenvalue weighted by Crippen LogP contribution is -2.41. The normalized spacial score (nSPS) is 15.5. The molecule has 1 saturated heterocycles. The van der Waals surface area contributed by atoms with Gasteiger partial charge in [0, 0.05) is 24.6 Å². The van der Waals surface area contributed by atoms with Crippen LogP contribution in [0.15, 0.2) is 16.6 Å². The fourth-order valence-corrected chi connectivity index (χ4v) is 5.38. The Kier molecular flexibility index (Phi) is 7.75. The number of nitrogens with zero attached hydrogens (tertiary/aromatic N) is 2. The lowest BCUT2D eigenvalue weighted by molar-refractivity contribution is -0.275. The number of rotatable bonds is 4. The number of thiazole rings is 1. The highest BCUT2D eigenvalue weighted by molar-refractivity contribution is 9.10. The van der Waals surface area contributed by atoms with Gasteiger partial charge < -0.3 is 19.1 Å². The first-order valence-corrected chi connectivity index (χ1v) is 12.0. The van der Waals surface area contributed by atoms with E-state index >= 15 is 0 Å². The predicted octanol–water partition coefficient (Wildman–Crippen LogP) is 7.25. The number of carbonyl (C=O) groups is 1. The predicted molar refractivity (Wildman–Crippen MR) is 123 cm³/mol. The van der Waals surface area contributed by atoms with Crippen molar-refractivity contribution in [2.24, 2.45) is 0 Å². The Morgan fingerprint density at radius 2 is 1.88 bits per heavy atom. The minimum atomic E-state index is -4.88. The number of carbonyl (C=O) groups excluding carboxylic acids is 1. The molecule has 1 aromatic carbocycles. The molecule has 6 nitrogen and oxygen atoms in total. The van der Waals surface area contributed by atoms with Gasteiger partial charge in [0.1, 0.15) is 15.6 Å². The molecule has 33 heavy (non-hydrogen) atoms. The van der Waals surface area contributed by atoms with Gasteiger partial charge in [-0.05, 0) is 61.7 Å². The fraction of sp³-hybridized carbons (Fsp3) is 0.524. The lowest BCUT2D eigenvalue weighted by atomic mass is 9.98. The fourth-order valence-electron chi connectivity index (χ4n) is 3.41. The summed E-state index contributed by atoms with van der Waals surface area (Å²) in [5.41, 5.74) is 0.162. The second-order valence-electron chi connectivity index (χ2n) is 8.45. The molecule has 1 fully saturated rings. The van der Waals surface area contributed by atoms with Crippen molar-refractivity contribution in [3.05, 3.63) is 25.9 Å². The minimum absolute atomic E-state index is 0.0764. The Morgan fingerprint density at radius 1 is 1.24 bits per heavy atom. The largest absolute Gasteiger partial charge is 0.573 e. The Balaban J connectivity index is 1.79. The molecule has 1 aromatic heterocycles. The molecule has 3 rings (SSSR count). The zero-order valence-electron chi connectivity index (χ0n) is 18.4. The summed E-state index contributed by atoms with van der Waals surface area (Å²) >= 11 is 10.9. The van der Waals surface area contributed by atoms with Gasteiger partial charge in [-0.3, -0.25) is 0 Å². The number of likely N-dealkylation sites (tertiary alicyclic amines) is 1. The van der Waals surface area contributed by atoms with E-state index in [1.54, 1.807) is 11.0 Å². The van der Waals surface area contributed by atoms with Gasteiger partial charge in [0.25, 0.3) is 0 Å². The quantitative estimate of drug-likeness (QED) is 0.387. The van der Waals surface area contributed by atoms with E-state index in [-0.39, 0.29) is 22.2 Å². The van der Waals surface area contributed by atoms with Crippen molar-refractivity contribution < 1.29 is 32.2 Å². The first-order valence-electron chi connectivity index (χ1n) is 10.0. The van der Waals surface area contributed by atoms with Gasteiger partial charge in [-0.2, -0.15) is 0 Å². The smallest absolute Gasteiger partial charge is 0.492 e. The van der Waals surface area contributed by atoms with Crippen molar-refractivity contribution in [3.63, 3.8) is 0 Å². The van der Waals surface area contributed by atoms with Crippen LogP contribution in [0.3, 0.4) is 0 Å². The number of amides is 1. The Hall–Kier alpha value is -1.72. The molecule has 2 heterocycles. The first-order chi connectivity index (χ1) is 15.3. The molecule has 0 saturated carbocycles. The third kappa shape index (κ3) is 6.66. The molecule has 0 unspecified atom stereocenters. The van der Waals surface area contributed by atoms with E-state index in [2.05, 4.69) is 25.7 Å². The number of hydrogen-bond acceptors (Lipinski definition) is 6. The van der Waals surface area contributed by atoms with E-state index in [1.807, 2.05) is 20.8 Å². The Bertz CT molecular complexity index is 1020. The standard InChI is InChI=1S/C21H23BrClF3N2O4S/c1-20(2,3)32-19(29)28-7-5-11(6-8-28)18-27-15(17(23)33-18)12-9-13(22)16(30-4)14(10-12)31-21(24,25)26/h9-11H,5-8H2,1-4H3. The maximum absolute atomic E-state index is 12.9. The van der Waals surface area contributed by atoms with E-state index in [0.29, 0.717) is 41.5 Å². The zero-order chi connectivity index (χ0) is 24.6. The number of ether oxygens (including phenoxy) is 3. The van der Waals surface area contributed by atoms with Gasteiger partial charge in [-0.1, -0.05) is 11.6 Å². The van der Waals surface area contributed by atoms with Crippen LogP contribution in [-0.4, -0.2) is 48.1 Å². The monoisotopic (exact) mass is 570 g/mol. The average Bonchev–Trinajstić information content (AvgIpc) is 3.07. The summed E-state index contributed by atoms with van der Waals surface area (Å²) in [7, 11) is 1.25. The summed E-state index contributed by atoms with van der Waals surface area (Å²) < 4.78 is 53.8. The van der Waals surface area contributed by atoms with E-state index in [9.17, 15) is 18.0 Å². The summed E-state index contributed by atoms with van der Waals surface area (Å²) in [4.78, 5) is 18.6. The first kappa shape index (κ1) is 25.9. The SMILES string of the molecule is COc1c(Br)cc(-c2nc(C3CCN(C(=O)OC(C)(C)C)CC3)sc2Cl)cc1OC(F)(F)F. The molecular weight excluding hydrogens is 549 g/mol. The number of piperidine rings is 1. The molecule has 2 aromatic rings. The highest BCUT2D eigenvalue weighted by atomic mass is 79.9. The number of benzene rings is 1. The molecule has 1 aliphatic heterocycles. The highest BCUT2D eigenvalue weighted by Gasteiger charge is 2.34. The van der Waals surface area contributed by atoms with Crippen LogP contribution < -0.4 is 9.47 Å². The summed E-state index contributed by atoms with van der Waals surface area (Å²) in [6, 6.07) is 2.78. The Labute approximate surface area is 207 Å². The van der Waals surface area contributed by atoms with Gasteiger partial charge in [0.05, 0.1) is 16.6 Å². The summed E-state index contributed by atoms with van der Waals surface area (Å²) in [6.45, 7) is 6.49. The maximum atomic E-state index is 12.9. The third-order valence-electron chi connectivity index (χ3n) is 4.81. The van der Waals surface area contributed by atoms with Crippen LogP contribution in [0.2, 0.25) is 4.34 Å². The van der Waals surface area contributed by atoms with E-state index in [0.717, 1.165) is 5.01 Å². The van der Waals surface area contributed by atoms with Crippen LogP contribution in [0, 0.1) is 0 Å². The van der Waals surface area contributed by atoms with Crippen molar-refractivity contribution in [2.45, 2.75) is 51.5 Å². The van der Waals surface area contributed by atoms with Crippen molar-refractivity contribution in [1.29, 1.82) is 0 Å². The number of halogens is 5. The van der Waals surface area contributed by atoms with Gasteiger partial charge >= 0.3 is 12.5 Å². The Morgan fingerprint density at radius 3 is 2.42 bits per heavy atom. The molecular formula is C21H23BrClF3N2O4S. The van der Waals surface area contributed by atoms with Crippen LogP contribution in [0.5, 0.6) is 11.5 Å².